The maximum absolute atomic E-state index is 14.0. The number of ether oxygens (including phenoxy) is 1. The number of rotatable bonds is 9. The number of likely N-dealkylation sites (tertiary alicyclic amines) is 1. The van der Waals surface area contributed by atoms with Crippen molar-refractivity contribution in [2.75, 3.05) is 37.9 Å². The second-order valence-electron chi connectivity index (χ2n) is 11.8. The smallest absolute Gasteiger partial charge is 0.421 e. The molecule has 2 atom stereocenters. The van der Waals surface area contributed by atoms with E-state index in [0.717, 1.165) is 64.2 Å². The van der Waals surface area contributed by atoms with Crippen molar-refractivity contribution in [3.63, 3.8) is 0 Å². The molecule has 1 unspecified atom stereocenters. The maximum Gasteiger partial charge on any atom is 0.421 e. The molecule has 3 fully saturated rings. The van der Waals surface area contributed by atoms with Gasteiger partial charge >= 0.3 is 6.18 Å². The van der Waals surface area contributed by atoms with E-state index in [0.29, 0.717) is 29.8 Å². The average molecular weight is 604 g/mol. The minimum absolute atomic E-state index is 0.00936. The van der Waals surface area contributed by atoms with Crippen LogP contribution in [0.3, 0.4) is 0 Å². The number of aromatic nitrogens is 2. The van der Waals surface area contributed by atoms with Crippen molar-refractivity contribution in [2.45, 2.75) is 82.1 Å². The molecule has 13 heteroatoms. The lowest BCUT2D eigenvalue weighted by atomic mass is 9.83. The predicted molar refractivity (Wildman–Crippen MR) is 156 cm³/mol. The van der Waals surface area contributed by atoms with Crippen molar-refractivity contribution in [1.29, 1.82) is 0 Å². The van der Waals surface area contributed by atoms with Crippen LogP contribution in [0.15, 0.2) is 24.4 Å². The van der Waals surface area contributed by atoms with Gasteiger partial charge in [0, 0.05) is 35.8 Å². The fraction of sp³-hybridized carbons (Fsp3) is 0.600. The average Bonchev–Trinajstić information content (AvgIpc) is 2.94. The van der Waals surface area contributed by atoms with E-state index in [4.69, 9.17) is 4.74 Å². The molecule has 2 aromatic rings. The van der Waals surface area contributed by atoms with Gasteiger partial charge < -0.3 is 30.9 Å². The number of halogens is 3. The summed E-state index contributed by atoms with van der Waals surface area (Å²) in [5.41, 5.74) is -0.183. The molecule has 0 radical (unpaired) electrons. The highest BCUT2D eigenvalue weighted by molar-refractivity contribution is 5.95. The SMILES string of the molecule is COc1cc(C(=O)NC2CCN(C)CC2)ccc1Nc1ncc(C(F)(F)F)c(N[C@@H]2CCCCC2NC(=O)C2CCC2)n1. The molecule has 2 heterocycles. The third-order valence-corrected chi connectivity index (χ3v) is 8.75. The Labute approximate surface area is 249 Å². The highest BCUT2D eigenvalue weighted by atomic mass is 19.4. The molecule has 0 spiro atoms. The number of methoxy groups -OCH3 is 1. The Hall–Kier alpha value is -3.61. The number of nitrogens with one attached hydrogen (secondary N) is 4. The minimum atomic E-state index is -4.68. The zero-order chi connectivity index (χ0) is 30.6. The van der Waals surface area contributed by atoms with Crippen molar-refractivity contribution in [1.82, 2.24) is 25.5 Å². The Balaban J connectivity index is 1.32. The molecule has 234 valence electrons. The third-order valence-electron chi connectivity index (χ3n) is 8.75. The Bertz CT molecular complexity index is 1300. The van der Waals surface area contributed by atoms with Crippen molar-refractivity contribution < 1.29 is 27.5 Å². The fourth-order valence-electron chi connectivity index (χ4n) is 5.86. The van der Waals surface area contributed by atoms with Gasteiger partial charge in [-0.2, -0.15) is 18.2 Å². The lowest BCUT2D eigenvalue weighted by Gasteiger charge is -2.35. The van der Waals surface area contributed by atoms with Crippen LogP contribution in [-0.4, -0.2) is 72.1 Å². The van der Waals surface area contributed by atoms with Gasteiger partial charge in [0.15, 0.2) is 0 Å². The summed E-state index contributed by atoms with van der Waals surface area (Å²) in [5, 5.41) is 12.1. The summed E-state index contributed by atoms with van der Waals surface area (Å²) in [5.74, 6) is -0.356. The number of piperidine rings is 1. The molecule has 3 aliphatic rings. The van der Waals surface area contributed by atoms with Crippen LogP contribution in [0.25, 0.3) is 0 Å². The van der Waals surface area contributed by atoms with Gasteiger partial charge in [-0.15, -0.1) is 0 Å². The van der Waals surface area contributed by atoms with Gasteiger partial charge in [-0.25, -0.2) is 4.98 Å². The summed E-state index contributed by atoms with van der Waals surface area (Å²) in [7, 11) is 3.50. The quantitative estimate of drug-likeness (QED) is 0.325. The topological polar surface area (TPSA) is 121 Å². The Morgan fingerprint density at radius 3 is 2.35 bits per heavy atom. The first-order valence-corrected chi connectivity index (χ1v) is 15.1. The molecule has 1 saturated heterocycles. The predicted octanol–water partition coefficient (Wildman–Crippen LogP) is 4.71. The first-order valence-electron chi connectivity index (χ1n) is 15.1. The van der Waals surface area contributed by atoms with Gasteiger partial charge in [0.2, 0.25) is 11.9 Å². The molecule has 1 aromatic carbocycles. The van der Waals surface area contributed by atoms with Crippen LogP contribution in [0, 0.1) is 5.92 Å². The summed E-state index contributed by atoms with van der Waals surface area (Å²) in [6.45, 7) is 1.83. The molecule has 43 heavy (non-hydrogen) atoms. The molecular formula is C30H40F3N7O3. The molecule has 0 bridgehead atoms. The number of alkyl halides is 3. The second kappa shape index (κ2) is 13.4. The highest BCUT2D eigenvalue weighted by Crippen LogP contribution is 2.36. The van der Waals surface area contributed by atoms with E-state index in [2.05, 4.69) is 43.2 Å². The zero-order valence-corrected chi connectivity index (χ0v) is 24.6. The molecule has 10 nitrogen and oxygen atoms in total. The lowest BCUT2D eigenvalue weighted by molar-refractivity contribution is -0.137. The normalized spacial score (nSPS) is 21.9. The van der Waals surface area contributed by atoms with Crippen molar-refractivity contribution in [3.05, 3.63) is 35.5 Å². The lowest BCUT2D eigenvalue weighted by Crippen LogP contribution is -2.51. The minimum Gasteiger partial charge on any atom is -0.495 e. The highest BCUT2D eigenvalue weighted by Gasteiger charge is 2.38. The summed E-state index contributed by atoms with van der Waals surface area (Å²) >= 11 is 0. The number of benzene rings is 1. The molecular weight excluding hydrogens is 563 g/mol. The first-order chi connectivity index (χ1) is 20.6. The van der Waals surface area contributed by atoms with Crippen LogP contribution in [0.5, 0.6) is 5.75 Å². The number of nitrogens with zero attached hydrogens (tertiary/aromatic N) is 3. The number of carbonyl (C=O) groups is 2. The zero-order valence-electron chi connectivity index (χ0n) is 24.6. The van der Waals surface area contributed by atoms with E-state index in [1.807, 2.05) is 0 Å². The van der Waals surface area contributed by atoms with Crippen molar-refractivity contribution in [2.24, 2.45) is 5.92 Å². The van der Waals surface area contributed by atoms with Crippen LogP contribution in [0.4, 0.5) is 30.6 Å². The number of amides is 2. The maximum atomic E-state index is 14.0. The van der Waals surface area contributed by atoms with Crippen molar-refractivity contribution >= 4 is 29.3 Å². The molecule has 2 saturated carbocycles. The van der Waals surface area contributed by atoms with Crippen LogP contribution >= 0.6 is 0 Å². The van der Waals surface area contributed by atoms with Crippen LogP contribution in [-0.2, 0) is 11.0 Å². The number of carbonyl (C=O) groups excluding carboxylic acids is 2. The van der Waals surface area contributed by atoms with E-state index in [1.54, 1.807) is 18.2 Å². The third kappa shape index (κ3) is 7.67. The molecule has 1 aromatic heterocycles. The Kier molecular flexibility index (Phi) is 9.58. The Morgan fingerprint density at radius 1 is 0.977 bits per heavy atom. The van der Waals surface area contributed by atoms with E-state index in [1.165, 1.54) is 7.11 Å². The molecule has 4 N–H and O–H groups in total. The van der Waals surface area contributed by atoms with Gasteiger partial charge in [-0.05, 0) is 76.9 Å². The van der Waals surface area contributed by atoms with Crippen molar-refractivity contribution in [3.8, 4) is 5.75 Å². The van der Waals surface area contributed by atoms with Gasteiger partial charge in [0.25, 0.3) is 5.91 Å². The summed E-state index contributed by atoms with van der Waals surface area (Å²) in [4.78, 5) is 35.9. The summed E-state index contributed by atoms with van der Waals surface area (Å²) in [6, 6.07) is 4.21. The standard InChI is InChI=1S/C30H40F3N7O3/c1-40-14-12-20(13-15-40)35-28(42)19-10-11-24(25(16-19)43-2)38-29-34-17-21(30(31,32)33)26(39-29)36-22-8-3-4-9-23(22)37-27(41)18-6-5-7-18/h10-11,16-18,20,22-23H,3-9,12-15H2,1-2H3,(H,35,42)(H,37,41)(H2,34,36,38,39)/t22-,23?/m1/s1. The monoisotopic (exact) mass is 603 g/mol. The summed E-state index contributed by atoms with van der Waals surface area (Å²) < 4.78 is 47.4. The largest absolute Gasteiger partial charge is 0.495 e. The number of anilines is 3. The molecule has 2 amide bonds. The fourth-order valence-corrected chi connectivity index (χ4v) is 5.86. The van der Waals surface area contributed by atoms with E-state index in [-0.39, 0.29) is 41.6 Å². The Morgan fingerprint density at radius 2 is 1.70 bits per heavy atom. The van der Waals surface area contributed by atoms with Crippen LogP contribution < -0.4 is 26.0 Å². The van der Waals surface area contributed by atoms with Gasteiger partial charge in [0.05, 0.1) is 12.8 Å². The molecule has 1 aliphatic heterocycles. The second-order valence-corrected chi connectivity index (χ2v) is 11.8. The molecule has 2 aliphatic carbocycles. The summed E-state index contributed by atoms with van der Waals surface area (Å²) in [6.07, 6.45) is 3.55. The van der Waals surface area contributed by atoms with E-state index in [9.17, 15) is 22.8 Å². The number of hydrogen-bond acceptors (Lipinski definition) is 8. The van der Waals surface area contributed by atoms with E-state index >= 15 is 0 Å². The molecule has 5 rings (SSSR count). The number of hydrogen-bond donors (Lipinski definition) is 4. The van der Waals surface area contributed by atoms with Crippen LogP contribution in [0.2, 0.25) is 0 Å². The van der Waals surface area contributed by atoms with Crippen LogP contribution in [0.1, 0.15) is 73.7 Å². The first kappa shape index (κ1) is 30.8. The van der Waals surface area contributed by atoms with Gasteiger partial charge in [0.1, 0.15) is 17.1 Å². The van der Waals surface area contributed by atoms with Gasteiger partial charge in [-0.1, -0.05) is 19.3 Å². The van der Waals surface area contributed by atoms with E-state index < -0.39 is 17.8 Å². The van der Waals surface area contributed by atoms with Gasteiger partial charge in [-0.3, -0.25) is 9.59 Å².